The van der Waals surface area contributed by atoms with Crippen LogP contribution < -0.4 is 0 Å². The van der Waals surface area contributed by atoms with Crippen LogP contribution in [0.5, 0.6) is 0 Å². The van der Waals surface area contributed by atoms with Crippen molar-refractivity contribution in [2.24, 2.45) is 0 Å². The van der Waals surface area contributed by atoms with E-state index in [0.29, 0.717) is 12.8 Å². The van der Waals surface area contributed by atoms with Crippen molar-refractivity contribution in [2.45, 2.75) is 185 Å². The third kappa shape index (κ3) is 24.9. The average Bonchev–Trinajstić information content (AvgIpc) is 3.09. The first-order valence-corrected chi connectivity index (χ1v) is 21.0. The van der Waals surface area contributed by atoms with Gasteiger partial charge < -0.3 is 34.3 Å². The molecule has 0 radical (unpaired) electrons. The van der Waals surface area contributed by atoms with Crippen molar-refractivity contribution in [1.29, 1.82) is 0 Å². The number of allylic oxidation sites excluding steroid dienone is 4. The summed E-state index contributed by atoms with van der Waals surface area (Å²) < 4.78 is 53.7. The van der Waals surface area contributed by atoms with Crippen molar-refractivity contribution in [3.8, 4) is 0 Å². The Morgan fingerprint density at radius 2 is 1.18 bits per heavy atom. The predicted molar refractivity (Wildman–Crippen MR) is 196 cm³/mol. The van der Waals surface area contributed by atoms with E-state index in [9.17, 15) is 37.9 Å². The Kier molecular flexibility index (Phi) is 27.3. The fourth-order valence-electron chi connectivity index (χ4n) is 5.70. The number of aliphatic hydroxyl groups excluding tert-OH is 3. The molecule has 6 atom stereocenters. The number of esters is 2. The van der Waals surface area contributed by atoms with Crippen molar-refractivity contribution >= 4 is 22.1 Å². The Morgan fingerprint density at radius 3 is 1.76 bits per heavy atom. The number of hydrogen-bond acceptors (Lipinski definition) is 11. The van der Waals surface area contributed by atoms with Crippen molar-refractivity contribution in [3.05, 3.63) is 24.3 Å². The highest BCUT2D eigenvalue weighted by Gasteiger charge is 2.46. The SMILES string of the molecule is CCCCC/C=C/C/C=C/CCCCCCCC(=O)OC[C@H](CO[C@H]1O[C@H](CS(=O)(=O)O)[C@@H](O)C(O)C1O)OC(=O)CCCCCCCCCC. The number of aliphatic hydroxyl groups is 3. The lowest BCUT2D eigenvalue weighted by atomic mass is 10.00. The highest BCUT2D eigenvalue weighted by molar-refractivity contribution is 7.85. The molecule has 0 aromatic rings. The molecule has 0 aliphatic carbocycles. The van der Waals surface area contributed by atoms with Crippen LogP contribution in [0.1, 0.15) is 149 Å². The van der Waals surface area contributed by atoms with Gasteiger partial charge in [0.05, 0.1) is 6.61 Å². The summed E-state index contributed by atoms with van der Waals surface area (Å²) >= 11 is 0. The van der Waals surface area contributed by atoms with E-state index in [2.05, 4.69) is 38.2 Å². The minimum Gasteiger partial charge on any atom is -0.462 e. The van der Waals surface area contributed by atoms with Crippen LogP contribution in [-0.4, -0.2) is 96.0 Å². The number of hydrogen-bond donors (Lipinski definition) is 4. The highest BCUT2D eigenvalue weighted by Crippen LogP contribution is 2.24. The zero-order chi connectivity index (χ0) is 37.7. The highest BCUT2D eigenvalue weighted by atomic mass is 32.2. The number of ether oxygens (including phenoxy) is 4. The van der Waals surface area contributed by atoms with Gasteiger partial charge in [-0.3, -0.25) is 14.1 Å². The van der Waals surface area contributed by atoms with Gasteiger partial charge in [0.15, 0.2) is 12.4 Å². The summed E-state index contributed by atoms with van der Waals surface area (Å²) in [4.78, 5) is 25.1. The molecule has 13 heteroatoms. The smallest absolute Gasteiger partial charge is 0.306 e. The quantitative estimate of drug-likeness (QED) is 0.0262. The second-order valence-electron chi connectivity index (χ2n) is 13.6. The topological polar surface area (TPSA) is 186 Å². The molecule has 1 aliphatic rings. The first-order chi connectivity index (χ1) is 24.5. The van der Waals surface area contributed by atoms with E-state index >= 15 is 0 Å². The average molecular weight is 749 g/mol. The van der Waals surface area contributed by atoms with Gasteiger partial charge in [0, 0.05) is 12.8 Å². The molecule has 1 aliphatic heterocycles. The largest absolute Gasteiger partial charge is 0.462 e. The minimum atomic E-state index is -4.59. The third-order valence-corrected chi connectivity index (χ3v) is 9.53. The lowest BCUT2D eigenvalue weighted by molar-refractivity contribution is -0.297. The van der Waals surface area contributed by atoms with Crippen LogP contribution >= 0.6 is 0 Å². The molecule has 0 aromatic heterocycles. The van der Waals surface area contributed by atoms with E-state index in [1.54, 1.807) is 0 Å². The Balaban J connectivity index is 2.50. The summed E-state index contributed by atoms with van der Waals surface area (Å²) in [7, 11) is -4.59. The van der Waals surface area contributed by atoms with Crippen LogP contribution in [0.15, 0.2) is 24.3 Å². The second-order valence-corrected chi connectivity index (χ2v) is 15.1. The minimum absolute atomic E-state index is 0.162. The molecule has 0 spiro atoms. The van der Waals surface area contributed by atoms with Crippen LogP contribution in [0.2, 0.25) is 0 Å². The molecule has 4 N–H and O–H groups in total. The lowest BCUT2D eigenvalue weighted by Gasteiger charge is -2.40. The maximum absolute atomic E-state index is 12.6. The van der Waals surface area contributed by atoms with Crippen molar-refractivity contribution in [2.75, 3.05) is 19.0 Å². The van der Waals surface area contributed by atoms with E-state index < -0.39 is 71.2 Å². The van der Waals surface area contributed by atoms with E-state index in [0.717, 1.165) is 64.2 Å². The maximum Gasteiger partial charge on any atom is 0.306 e. The van der Waals surface area contributed by atoms with Crippen LogP contribution in [0, 0.1) is 0 Å². The van der Waals surface area contributed by atoms with E-state index in [1.165, 1.54) is 44.9 Å². The maximum atomic E-state index is 12.6. The van der Waals surface area contributed by atoms with Gasteiger partial charge in [-0.05, 0) is 44.9 Å². The van der Waals surface area contributed by atoms with Gasteiger partial charge in [-0.25, -0.2) is 0 Å². The second kappa shape index (κ2) is 29.6. The summed E-state index contributed by atoms with van der Waals surface area (Å²) in [6.45, 7) is 3.65. The molecule has 298 valence electrons. The first kappa shape index (κ1) is 47.2. The number of unbranched alkanes of at least 4 members (excludes halogenated alkanes) is 15. The zero-order valence-corrected chi connectivity index (χ0v) is 32.0. The fraction of sp³-hybridized carbons (Fsp3) is 0.842. The molecule has 2 unspecified atom stereocenters. The molecule has 0 saturated carbocycles. The van der Waals surface area contributed by atoms with Gasteiger partial charge in [0.25, 0.3) is 10.1 Å². The predicted octanol–water partition coefficient (Wildman–Crippen LogP) is 6.50. The number of rotatable bonds is 31. The molecule has 1 heterocycles. The molecule has 0 aromatic carbocycles. The van der Waals surface area contributed by atoms with Gasteiger partial charge in [-0.15, -0.1) is 0 Å². The fourth-order valence-corrected chi connectivity index (χ4v) is 6.40. The Bertz CT molecular complexity index is 1060. The molecule has 51 heavy (non-hydrogen) atoms. The summed E-state index contributed by atoms with van der Waals surface area (Å²) in [6, 6.07) is 0. The van der Waals surface area contributed by atoms with E-state index in [4.69, 9.17) is 18.9 Å². The molecule has 1 fully saturated rings. The van der Waals surface area contributed by atoms with E-state index in [-0.39, 0.29) is 19.4 Å². The Labute approximate surface area is 307 Å². The standard InChI is InChI=1S/C38H68O12S/c1-3-5-7-9-11-13-14-15-16-17-18-19-21-22-24-26-33(39)47-28-31(49-34(40)27-25-23-20-12-10-8-6-4-2)29-48-38-37(43)36(42)35(41)32(50-38)30-51(44,45)46/h11,13,15-16,31-32,35-38,41-43H,3-10,12,14,17-30H2,1-2H3,(H,44,45,46)/b13-11+,16-15+/t31-,32-,35-,36?,37?,38+/m1/s1. The van der Waals surface area contributed by atoms with Gasteiger partial charge in [-0.1, -0.05) is 115 Å². The number of carbonyl (C=O) groups is 2. The monoisotopic (exact) mass is 748 g/mol. The van der Waals surface area contributed by atoms with Gasteiger partial charge in [0.1, 0.15) is 36.8 Å². The normalized spacial score (nSPS) is 21.7. The van der Waals surface area contributed by atoms with Gasteiger partial charge in [0.2, 0.25) is 0 Å². The molecule has 12 nitrogen and oxygen atoms in total. The third-order valence-electron chi connectivity index (χ3n) is 8.78. The van der Waals surface area contributed by atoms with Crippen molar-refractivity contribution in [3.63, 3.8) is 0 Å². The van der Waals surface area contributed by atoms with E-state index in [1.807, 2.05) is 0 Å². The summed E-state index contributed by atoms with van der Waals surface area (Å²) in [5.74, 6) is -2.00. The molecular weight excluding hydrogens is 680 g/mol. The van der Waals surface area contributed by atoms with Crippen molar-refractivity contribution < 1.29 is 56.8 Å². The molecule has 0 bridgehead atoms. The zero-order valence-electron chi connectivity index (χ0n) is 31.2. The lowest BCUT2D eigenvalue weighted by Crippen LogP contribution is -2.60. The Morgan fingerprint density at radius 1 is 0.667 bits per heavy atom. The molecule has 1 saturated heterocycles. The summed E-state index contributed by atoms with van der Waals surface area (Å²) in [6.07, 6.45) is 19.7. The summed E-state index contributed by atoms with van der Waals surface area (Å²) in [5.41, 5.74) is 0. The van der Waals surface area contributed by atoms with Crippen LogP contribution in [0.3, 0.4) is 0 Å². The Hall–Kier alpha value is -1.87. The van der Waals surface area contributed by atoms with Gasteiger partial charge >= 0.3 is 11.9 Å². The van der Waals surface area contributed by atoms with Gasteiger partial charge in [-0.2, -0.15) is 8.42 Å². The van der Waals surface area contributed by atoms with Crippen molar-refractivity contribution in [1.82, 2.24) is 0 Å². The van der Waals surface area contributed by atoms with Crippen LogP contribution in [0.4, 0.5) is 0 Å². The first-order valence-electron chi connectivity index (χ1n) is 19.4. The van der Waals surface area contributed by atoms with Crippen LogP contribution in [-0.2, 0) is 38.7 Å². The van der Waals surface area contributed by atoms with Crippen LogP contribution in [0.25, 0.3) is 0 Å². The summed E-state index contributed by atoms with van der Waals surface area (Å²) in [5, 5.41) is 30.7. The number of carbonyl (C=O) groups excluding carboxylic acids is 2. The molecular formula is C38H68O12S. The molecule has 0 amide bonds. The molecule has 1 rings (SSSR count).